The van der Waals surface area contributed by atoms with Crippen LogP contribution in [0.5, 0.6) is 0 Å². The van der Waals surface area contributed by atoms with E-state index in [1.807, 2.05) is 26.8 Å². The number of hydrogen-bond acceptors (Lipinski definition) is 4. The molecule has 17 heavy (non-hydrogen) atoms. The van der Waals surface area contributed by atoms with E-state index in [9.17, 15) is 4.79 Å². The van der Waals surface area contributed by atoms with Gasteiger partial charge in [-0.05, 0) is 18.6 Å². The first kappa shape index (κ1) is 13.3. The Morgan fingerprint density at radius 2 is 2.12 bits per heavy atom. The first-order valence-electron chi connectivity index (χ1n) is 5.38. The van der Waals surface area contributed by atoms with Crippen molar-refractivity contribution in [1.29, 1.82) is 0 Å². The largest absolute Gasteiger partial charge is 0.305 e. The minimum atomic E-state index is -0.229. The average Bonchev–Trinajstić information content (AvgIpc) is 2.88. The van der Waals surface area contributed by atoms with Gasteiger partial charge in [0.05, 0.1) is 5.51 Å². The molecule has 0 bridgehead atoms. The van der Waals surface area contributed by atoms with Crippen molar-refractivity contribution in [2.24, 2.45) is 0 Å². The zero-order chi connectivity index (χ0) is 12.7. The van der Waals surface area contributed by atoms with Crippen molar-refractivity contribution in [3.8, 4) is 0 Å². The van der Waals surface area contributed by atoms with E-state index in [1.165, 1.54) is 11.3 Å². The molecule has 4 nitrogen and oxygen atoms in total. The minimum Gasteiger partial charge on any atom is -0.305 e. The standard InChI is InChI=1S/C10H9N3OS.C2H6.H2/c1-7-2-3-9(11-4-7)13-10(14)8-5-15-6-12-8;1-2;/h2-6H,1H3,(H,11,13,14);1-2H3;1H. The summed E-state index contributed by atoms with van der Waals surface area (Å²) in [4.78, 5) is 19.5. The van der Waals surface area contributed by atoms with Gasteiger partial charge in [0, 0.05) is 13.0 Å². The minimum absolute atomic E-state index is 0. The highest BCUT2D eigenvalue weighted by atomic mass is 32.1. The van der Waals surface area contributed by atoms with Crippen LogP contribution in [0.25, 0.3) is 0 Å². The zero-order valence-corrected chi connectivity index (χ0v) is 10.9. The summed E-state index contributed by atoms with van der Waals surface area (Å²) >= 11 is 1.39. The maximum absolute atomic E-state index is 11.6. The summed E-state index contributed by atoms with van der Waals surface area (Å²) in [5.74, 6) is 0.311. The summed E-state index contributed by atoms with van der Waals surface area (Å²) in [7, 11) is 0. The first-order valence-corrected chi connectivity index (χ1v) is 6.32. The maximum atomic E-state index is 11.6. The lowest BCUT2D eigenvalue weighted by molar-refractivity contribution is 0.102. The second kappa shape index (κ2) is 6.75. The summed E-state index contributed by atoms with van der Waals surface area (Å²) < 4.78 is 0. The molecule has 0 aliphatic heterocycles. The quantitative estimate of drug-likeness (QED) is 0.890. The second-order valence-corrected chi connectivity index (χ2v) is 3.77. The lowest BCUT2D eigenvalue weighted by atomic mass is 10.3. The molecule has 2 aromatic rings. The van der Waals surface area contributed by atoms with Crippen LogP contribution in [0.15, 0.2) is 29.2 Å². The SMILES string of the molecule is CC.Cc1ccc(NC(=O)c2cscn2)nc1.[HH]. The molecule has 92 valence electrons. The van der Waals surface area contributed by atoms with E-state index >= 15 is 0 Å². The van der Waals surface area contributed by atoms with Gasteiger partial charge in [-0.2, -0.15) is 0 Å². The number of aromatic nitrogens is 2. The molecule has 1 amide bonds. The molecule has 0 unspecified atom stereocenters. The number of hydrogen-bond donors (Lipinski definition) is 1. The predicted molar refractivity (Wildman–Crippen MR) is 72.5 cm³/mol. The lowest BCUT2D eigenvalue weighted by Gasteiger charge is -2.01. The molecule has 2 heterocycles. The highest BCUT2D eigenvalue weighted by Crippen LogP contribution is 2.07. The number of carbonyl (C=O) groups is 1. The van der Waals surface area contributed by atoms with E-state index in [4.69, 9.17) is 0 Å². The van der Waals surface area contributed by atoms with Gasteiger partial charge in [0.15, 0.2) is 0 Å². The number of anilines is 1. The molecular weight excluding hydrogens is 234 g/mol. The van der Waals surface area contributed by atoms with Crippen LogP contribution >= 0.6 is 11.3 Å². The van der Waals surface area contributed by atoms with Gasteiger partial charge in [0.1, 0.15) is 11.5 Å². The van der Waals surface area contributed by atoms with Crippen molar-refractivity contribution in [2.45, 2.75) is 20.8 Å². The molecule has 1 N–H and O–H groups in total. The van der Waals surface area contributed by atoms with Crippen LogP contribution in [0, 0.1) is 6.92 Å². The Morgan fingerprint density at radius 3 is 2.65 bits per heavy atom. The van der Waals surface area contributed by atoms with Gasteiger partial charge in [-0.3, -0.25) is 4.79 Å². The summed E-state index contributed by atoms with van der Waals surface area (Å²) in [6.07, 6.45) is 1.71. The third-order valence-electron chi connectivity index (χ3n) is 1.82. The van der Waals surface area contributed by atoms with Crippen LogP contribution in [0.4, 0.5) is 5.82 Å². The van der Waals surface area contributed by atoms with Gasteiger partial charge in [0.2, 0.25) is 0 Å². The van der Waals surface area contributed by atoms with Gasteiger partial charge >= 0.3 is 0 Å². The zero-order valence-electron chi connectivity index (χ0n) is 10.1. The fraction of sp³-hybridized carbons (Fsp3) is 0.250. The van der Waals surface area contributed by atoms with Crippen LogP contribution in [0.1, 0.15) is 31.3 Å². The van der Waals surface area contributed by atoms with Crippen LogP contribution < -0.4 is 5.32 Å². The van der Waals surface area contributed by atoms with Crippen molar-refractivity contribution in [2.75, 3.05) is 5.32 Å². The van der Waals surface area contributed by atoms with E-state index in [1.54, 1.807) is 23.2 Å². The average molecular weight is 251 g/mol. The molecule has 0 fully saturated rings. The number of amides is 1. The van der Waals surface area contributed by atoms with E-state index in [2.05, 4.69) is 15.3 Å². The molecule has 0 spiro atoms. The van der Waals surface area contributed by atoms with E-state index in [0.717, 1.165) is 5.56 Å². The number of pyridine rings is 1. The molecule has 2 rings (SSSR count). The Kier molecular flexibility index (Phi) is 5.29. The van der Waals surface area contributed by atoms with Crippen LogP contribution in [0.3, 0.4) is 0 Å². The van der Waals surface area contributed by atoms with Crippen molar-refractivity contribution in [3.05, 3.63) is 40.5 Å². The lowest BCUT2D eigenvalue weighted by Crippen LogP contribution is -2.13. The topological polar surface area (TPSA) is 54.9 Å². The number of nitrogens with zero attached hydrogens (tertiary/aromatic N) is 2. The summed E-state index contributed by atoms with van der Waals surface area (Å²) in [6, 6.07) is 3.66. The number of carbonyl (C=O) groups excluding carboxylic acids is 1. The van der Waals surface area contributed by atoms with Crippen molar-refractivity contribution in [3.63, 3.8) is 0 Å². The third-order valence-corrected chi connectivity index (χ3v) is 2.40. The molecule has 0 saturated heterocycles. The highest BCUT2D eigenvalue weighted by molar-refractivity contribution is 7.07. The highest BCUT2D eigenvalue weighted by Gasteiger charge is 2.07. The van der Waals surface area contributed by atoms with E-state index < -0.39 is 0 Å². The maximum Gasteiger partial charge on any atom is 0.276 e. The molecule has 0 saturated carbocycles. The molecule has 0 atom stereocenters. The fourth-order valence-corrected chi connectivity index (χ4v) is 1.58. The Bertz CT molecular complexity index is 457. The number of rotatable bonds is 2. The number of thiazole rings is 1. The van der Waals surface area contributed by atoms with Crippen molar-refractivity contribution >= 4 is 23.1 Å². The first-order chi connectivity index (χ1) is 8.25. The smallest absolute Gasteiger partial charge is 0.276 e. The van der Waals surface area contributed by atoms with Gasteiger partial charge in [-0.1, -0.05) is 19.9 Å². The Balaban J connectivity index is 0.000000917. The van der Waals surface area contributed by atoms with Crippen molar-refractivity contribution in [1.82, 2.24) is 9.97 Å². The van der Waals surface area contributed by atoms with Crippen LogP contribution in [-0.2, 0) is 0 Å². The Labute approximate surface area is 106 Å². The molecule has 0 aromatic carbocycles. The monoisotopic (exact) mass is 251 g/mol. The number of nitrogens with one attached hydrogen (secondary N) is 1. The molecule has 2 aromatic heterocycles. The molecule has 0 aliphatic carbocycles. The Hall–Kier alpha value is -1.75. The van der Waals surface area contributed by atoms with Crippen LogP contribution in [0.2, 0.25) is 0 Å². The third kappa shape index (κ3) is 3.96. The summed E-state index contributed by atoms with van der Waals surface area (Å²) in [5, 5.41) is 4.36. The van der Waals surface area contributed by atoms with Crippen LogP contribution in [-0.4, -0.2) is 15.9 Å². The molecule has 0 aliphatic rings. The Morgan fingerprint density at radius 1 is 1.35 bits per heavy atom. The second-order valence-electron chi connectivity index (χ2n) is 3.05. The van der Waals surface area contributed by atoms with E-state index in [0.29, 0.717) is 11.5 Å². The predicted octanol–water partition coefficient (Wildman–Crippen LogP) is 3.37. The van der Waals surface area contributed by atoms with E-state index in [-0.39, 0.29) is 7.33 Å². The number of aryl methyl sites for hydroxylation is 1. The summed E-state index contributed by atoms with van der Waals surface area (Å²) in [5.41, 5.74) is 3.10. The van der Waals surface area contributed by atoms with Gasteiger partial charge in [-0.25, -0.2) is 9.97 Å². The normalized spacial score (nSPS) is 9.12. The molecule has 0 radical (unpaired) electrons. The van der Waals surface area contributed by atoms with Gasteiger partial charge in [0.25, 0.3) is 5.91 Å². The molecular formula is C12H17N3OS. The summed E-state index contributed by atoms with van der Waals surface area (Å²) in [6.45, 7) is 5.94. The molecule has 5 heteroatoms. The van der Waals surface area contributed by atoms with Crippen molar-refractivity contribution < 1.29 is 6.22 Å². The fourth-order valence-electron chi connectivity index (χ4n) is 1.05. The van der Waals surface area contributed by atoms with Gasteiger partial charge < -0.3 is 5.32 Å². The van der Waals surface area contributed by atoms with Gasteiger partial charge in [-0.15, -0.1) is 11.3 Å².